The van der Waals surface area contributed by atoms with E-state index in [1.807, 2.05) is 0 Å². The summed E-state index contributed by atoms with van der Waals surface area (Å²) in [6.07, 6.45) is 1.60. The van der Waals surface area contributed by atoms with Gasteiger partial charge in [-0.2, -0.15) is 0 Å². The predicted molar refractivity (Wildman–Crippen MR) is 74.2 cm³/mol. The van der Waals surface area contributed by atoms with Crippen LogP contribution >= 0.6 is 11.3 Å². The minimum absolute atomic E-state index is 0.220. The van der Waals surface area contributed by atoms with E-state index in [4.69, 9.17) is 4.42 Å². The highest BCUT2D eigenvalue weighted by Gasteiger charge is 2.11. The van der Waals surface area contributed by atoms with E-state index >= 15 is 0 Å². The van der Waals surface area contributed by atoms with Gasteiger partial charge in [0.1, 0.15) is 11.6 Å². The van der Waals surface area contributed by atoms with Crippen LogP contribution in [0.5, 0.6) is 0 Å². The molecule has 0 aliphatic rings. The lowest BCUT2D eigenvalue weighted by atomic mass is 10.2. The Hall–Kier alpha value is -2.21. The van der Waals surface area contributed by atoms with Gasteiger partial charge in [0.2, 0.25) is 5.89 Å². The molecule has 20 heavy (non-hydrogen) atoms. The average Bonchev–Trinajstić information content (AvgIpc) is 3.01. The van der Waals surface area contributed by atoms with E-state index in [1.54, 1.807) is 25.3 Å². The highest BCUT2D eigenvalue weighted by atomic mass is 32.1. The van der Waals surface area contributed by atoms with Crippen LogP contribution in [0.15, 0.2) is 34.9 Å². The highest BCUT2D eigenvalue weighted by molar-refractivity contribution is 7.20. The van der Waals surface area contributed by atoms with Crippen molar-refractivity contribution in [3.8, 4) is 0 Å². The maximum atomic E-state index is 13.1. The Morgan fingerprint density at radius 1 is 1.45 bits per heavy atom. The van der Waals surface area contributed by atoms with Gasteiger partial charge in [0.05, 0.1) is 17.6 Å². The molecule has 3 rings (SSSR count). The normalized spacial score (nSPS) is 10.9. The predicted octanol–water partition coefficient (Wildman–Crippen LogP) is 3.27. The fourth-order valence-corrected chi connectivity index (χ4v) is 2.81. The third-order valence-electron chi connectivity index (χ3n) is 2.77. The molecule has 2 aromatic heterocycles. The van der Waals surface area contributed by atoms with Gasteiger partial charge in [0, 0.05) is 4.70 Å². The molecule has 102 valence electrons. The summed E-state index contributed by atoms with van der Waals surface area (Å²) >= 11 is 1.32. The van der Waals surface area contributed by atoms with Crippen LogP contribution in [-0.4, -0.2) is 10.9 Å². The molecular formula is C14H11FN2O2S. The number of halogens is 1. The van der Waals surface area contributed by atoms with Gasteiger partial charge in [-0.3, -0.25) is 4.79 Å². The molecule has 4 nitrogen and oxygen atoms in total. The maximum Gasteiger partial charge on any atom is 0.261 e. The van der Waals surface area contributed by atoms with Gasteiger partial charge in [-0.25, -0.2) is 9.37 Å². The maximum absolute atomic E-state index is 13.1. The van der Waals surface area contributed by atoms with Crippen LogP contribution in [0.2, 0.25) is 0 Å². The second kappa shape index (κ2) is 5.05. The van der Waals surface area contributed by atoms with Gasteiger partial charge < -0.3 is 9.73 Å². The van der Waals surface area contributed by atoms with Gasteiger partial charge in [-0.1, -0.05) is 0 Å². The van der Waals surface area contributed by atoms with E-state index in [0.29, 0.717) is 16.5 Å². The summed E-state index contributed by atoms with van der Waals surface area (Å²) in [7, 11) is 0. The largest absolute Gasteiger partial charge is 0.444 e. The smallest absolute Gasteiger partial charge is 0.261 e. The number of benzene rings is 1. The first kappa shape index (κ1) is 12.8. The van der Waals surface area contributed by atoms with Crippen molar-refractivity contribution >= 4 is 27.3 Å². The molecule has 0 radical (unpaired) electrons. The van der Waals surface area contributed by atoms with Crippen molar-refractivity contribution in [1.82, 2.24) is 10.3 Å². The van der Waals surface area contributed by atoms with Crippen molar-refractivity contribution in [3.63, 3.8) is 0 Å². The molecular weight excluding hydrogens is 279 g/mol. The molecule has 0 aliphatic carbocycles. The standard InChI is InChI=1S/C14H11FN2O2S/c1-8-6-16-13(19-8)7-17-14(18)12-5-9-4-10(15)2-3-11(9)20-12/h2-6H,7H2,1H3,(H,17,18). The van der Waals surface area contributed by atoms with E-state index in [9.17, 15) is 9.18 Å². The first-order valence-electron chi connectivity index (χ1n) is 6.00. The van der Waals surface area contributed by atoms with Gasteiger partial charge in [-0.05, 0) is 36.6 Å². The average molecular weight is 290 g/mol. The van der Waals surface area contributed by atoms with Crippen molar-refractivity contribution in [2.45, 2.75) is 13.5 Å². The molecule has 0 atom stereocenters. The minimum atomic E-state index is -0.308. The van der Waals surface area contributed by atoms with E-state index < -0.39 is 0 Å². The van der Waals surface area contributed by atoms with Crippen LogP contribution in [0.1, 0.15) is 21.3 Å². The van der Waals surface area contributed by atoms with Crippen LogP contribution in [0.25, 0.3) is 10.1 Å². The fraction of sp³-hybridized carbons (Fsp3) is 0.143. The third-order valence-corrected chi connectivity index (χ3v) is 3.89. The molecule has 0 saturated heterocycles. The van der Waals surface area contributed by atoms with Gasteiger partial charge in [0.25, 0.3) is 5.91 Å². The summed E-state index contributed by atoms with van der Waals surface area (Å²) in [5, 5.41) is 3.45. The molecule has 0 saturated carbocycles. The Bertz CT molecular complexity index is 778. The van der Waals surface area contributed by atoms with Crippen LogP contribution in [0.3, 0.4) is 0 Å². The number of amides is 1. The lowest BCUT2D eigenvalue weighted by molar-refractivity contribution is 0.0951. The second-order valence-corrected chi connectivity index (χ2v) is 5.42. The van der Waals surface area contributed by atoms with Crippen LogP contribution in [0, 0.1) is 12.7 Å². The number of fused-ring (bicyclic) bond motifs is 1. The Morgan fingerprint density at radius 3 is 3.05 bits per heavy atom. The number of oxazole rings is 1. The topological polar surface area (TPSA) is 55.1 Å². The molecule has 3 aromatic rings. The Morgan fingerprint density at radius 2 is 2.30 bits per heavy atom. The number of rotatable bonds is 3. The summed E-state index contributed by atoms with van der Waals surface area (Å²) in [5.74, 6) is 0.634. The fourth-order valence-electron chi connectivity index (χ4n) is 1.85. The summed E-state index contributed by atoms with van der Waals surface area (Å²) in [6, 6.07) is 6.15. The van der Waals surface area contributed by atoms with Crippen molar-refractivity contribution in [3.05, 3.63) is 52.8 Å². The number of carbonyl (C=O) groups excluding carboxylic acids is 1. The van der Waals surface area contributed by atoms with Crippen molar-refractivity contribution in [2.75, 3.05) is 0 Å². The Labute approximate surface area is 118 Å². The van der Waals surface area contributed by atoms with E-state index in [2.05, 4.69) is 10.3 Å². The summed E-state index contributed by atoms with van der Waals surface area (Å²) < 4.78 is 19.3. The molecule has 6 heteroatoms. The number of thiophene rings is 1. The first-order valence-corrected chi connectivity index (χ1v) is 6.82. The molecule has 0 bridgehead atoms. The quantitative estimate of drug-likeness (QED) is 0.805. The minimum Gasteiger partial charge on any atom is -0.444 e. The number of nitrogens with zero attached hydrogens (tertiary/aromatic N) is 1. The van der Waals surface area contributed by atoms with Crippen molar-refractivity contribution in [2.24, 2.45) is 0 Å². The molecule has 0 fully saturated rings. The second-order valence-electron chi connectivity index (χ2n) is 4.34. The third kappa shape index (κ3) is 2.55. The highest BCUT2D eigenvalue weighted by Crippen LogP contribution is 2.26. The van der Waals surface area contributed by atoms with Gasteiger partial charge >= 0.3 is 0 Å². The molecule has 1 amide bonds. The van der Waals surface area contributed by atoms with E-state index in [1.165, 1.54) is 23.5 Å². The zero-order valence-electron chi connectivity index (χ0n) is 10.6. The SMILES string of the molecule is Cc1cnc(CNC(=O)c2cc3cc(F)ccc3s2)o1. The molecule has 2 heterocycles. The van der Waals surface area contributed by atoms with Crippen molar-refractivity contribution in [1.29, 1.82) is 0 Å². The molecule has 1 N–H and O–H groups in total. The summed E-state index contributed by atoms with van der Waals surface area (Å²) in [6.45, 7) is 2.02. The van der Waals surface area contributed by atoms with Crippen molar-refractivity contribution < 1.29 is 13.6 Å². The summed E-state index contributed by atoms with van der Waals surface area (Å²) in [4.78, 5) is 16.6. The van der Waals surface area contributed by atoms with Gasteiger partial charge in [-0.15, -0.1) is 11.3 Å². The zero-order valence-corrected chi connectivity index (χ0v) is 11.5. The Balaban J connectivity index is 1.75. The monoisotopic (exact) mass is 290 g/mol. The molecule has 0 aliphatic heterocycles. The van der Waals surface area contributed by atoms with Crippen LogP contribution in [-0.2, 0) is 6.54 Å². The molecule has 0 spiro atoms. The lowest BCUT2D eigenvalue weighted by Crippen LogP contribution is -2.21. The first-order chi connectivity index (χ1) is 9.61. The van der Waals surface area contributed by atoms with Crippen LogP contribution in [0.4, 0.5) is 4.39 Å². The number of aromatic nitrogens is 1. The molecule has 0 unspecified atom stereocenters. The number of hydrogen-bond acceptors (Lipinski definition) is 4. The van der Waals surface area contributed by atoms with E-state index in [0.717, 1.165) is 10.1 Å². The van der Waals surface area contributed by atoms with Gasteiger partial charge in [0.15, 0.2) is 0 Å². The summed E-state index contributed by atoms with van der Waals surface area (Å²) in [5.41, 5.74) is 0. The number of hydrogen-bond donors (Lipinski definition) is 1. The lowest BCUT2D eigenvalue weighted by Gasteiger charge is -1.99. The number of nitrogens with one attached hydrogen (secondary N) is 1. The number of carbonyl (C=O) groups is 1. The zero-order chi connectivity index (χ0) is 14.1. The van der Waals surface area contributed by atoms with Crippen LogP contribution < -0.4 is 5.32 Å². The number of aryl methyl sites for hydroxylation is 1. The Kier molecular flexibility index (Phi) is 3.23. The van der Waals surface area contributed by atoms with E-state index in [-0.39, 0.29) is 18.3 Å². The molecule has 1 aromatic carbocycles.